The van der Waals surface area contributed by atoms with Crippen molar-refractivity contribution in [2.75, 3.05) is 0 Å². The summed E-state index contributed by atoms with van der Waals surface area (Å²) < 4.78 is 13.0. The molecule has 0 saturated carbocycles. The van der Waals surface area contributed by atoms with Crippen molar-refractivity contribution in [1.82, 2.24) is 0 Å². The predicted octanol–water partition coefficient (Wildman–Crippen LogP) is 0.102. The lowest BCUT2D eigenvalue weighted by Crippen LogP contribution is -2.14. The first-order chi connectivity index (χ1) is 7.50. The molecule has 1 aromatic carbocycles. The Bertz CT molecular complexity index is 484. The Kier molecular flexibility index (Phi) is 2.49. The molecule has 5 heteroatoms. The van der Waals surface area contributed by atoms with Gasteiger partial charge in [-0.3, -0.25) is 4.79 Å². The van der Waals surface area contributed by atoms with E-state index in [2.05, 4.69) is 0 Å². The number of hydrogen-bond donors (Lipinski definition) is 3. The van der Waals surface area contributed by atoms with Crippen molar-refractivity contribution in [3.8, 4) is 0 Å². The molecule has 1 aliphatic carbocycles. The first-order valence-corrected chi connectivity index (χ1v) is 4.67. The summed E-state index contributed by atoms with van der Waals surface area (Å²) >= 11 is 0. The van der Waals surface area contributed by atoms with Crippen molar-refractivity contribution in [3.05, 3.63) is 41.2 Å². The van der Waals surface area contributed by atoms with Gasteiger partial charge < -0.3 is 15.9 Å². The zero-order valence-corrected chi connectivity index (χ0v) is 8.22. The van der Waals surface area contributed by atoms with Gasteiger partial charge in [-0.25, -0.2) is 4.39 Å². The van der Waals surface area contributed by atoms with E-state index >= 15 is 0 Å². The van der Waals surface area contributed by atoms with Crippen LogP contribution in [0, 0.1) is 5.82 Å². The maximum atomic E-state index is 13.0. The number of fused-ring (bicyclic) bond motifs is 1. The summed E-state index contributed by atoms with van der Waals surface area (Å²) in [6.45, 7) is 0. The van der Waals surface area contributed by atoms with Crippen LogP contribution in [0.3, 0.4) is 0 Å². The van der Waals surface area contributed by atoms with E-state index in [4.69, 9.17) is 5.73 Å². The Morgan fingerprint density at radius 3 is 2.69 bits per heavy atom. The van der Waals surface area contributed by atoms with Gasteiger partial charge in [-0.05, 0) is 28.8 Å². The van der Waals surface area contributed by atoms with Gasteiger partial charge in [0.2, 0.25) is 5.91 Å². The molecule has 2 rings (SSSR count). The Hall–Kier alpha value is -1.72. The molecule has 84 valence electrons. The number of amides is 1. The number of benzene rings is 1. The van der Waals surface area contributed by atoms with E-state index in [1.54, 1.807) is 0 Å². The normalized spacial score (nSPS) is 25.8. The molecule has 0 radical (unpaired) electrons. The van der Waals surface area contributed by atoms with Crippen molar-refractivity contribution < 1.29 is 19.4 Å². The first-order valence-electron chi connectivity index (χ1n) is 4.67. The highest BCUT2D eigenvalue weighted by atomic mass is 19.1. The number of nitrogens with two attached hydrogens (primary N) is 1. The summed E-state index contributed by atoms with van der Waals surface area (Å²) in [4.78, 5) is 10.8. The van der Waals surface area contributed by atoms with E-state index in [-0.39, 0.29) is 5.57 Å². The second-order valence-corrected chi connectivity index (χ2v) is 3.62. The monoisotopic (exact) mass is 223 g/mol. The summed E-state index contributed by atoms with van der Waals surface area (Å²) in [5.74, 6) is -1.26. The molecule has 2 unspecified atom stereocenters. The molecule has 0 aromatic heterocycles. The molecule has 0 aliphatic heterocycles. The molecule has 0 bridgehead atoms. The number of primary amides is 1. The van der Waals surface area contributed by atoms with Crippen LogP contribution in [0.4, 0.5) is 4.39 Å². The molecule has 16 heavy (non-hydrogen) atoms. The minimum Gasteiger partial charge on any atom is -0.385 e. The van der Waals surface area contributed by atoms with Crippen LogP contribution < -0.4 is 5.73 Å². The lowest BCUT2D eigenvalue weighted by atomic mass is 10.1. The van der Waals surface area contributed by atoms with E-state index < -0.39 is 23.9 Å². The molecule has 2 atom stereocenters. The van der Waals surface area contributed by atoms with Crippen molar-refractivity contribution in [1.29, 1.82) is 0 Å². The minimum atomic E-state index is -1.25. The zero-order valence-electron chi connectivity index (χ0n) is 8.22. The van der Waals surface area contributed by atoms with Gasteiger partial charge in [0.25, 0.3) is 0 Å². The fraction of sp³-hybridized carbons (Fsp3) is 0.182. The average molecular weight is 223 g/mol. The molecular formula is C11H10FNO3. The number of hydrogen-bond acceptors (Lipinski definition) is 3. The molecule has 0 heterocycles. The SMILES string of the molecule is NC(=O)/C=C1/c2cc(F)ccc2C(O)C1O. The Morgan fingerprint density at radius 2 is 2.06 bits per heavy atom. The van der Waals surface area contributed by atoms with E-state index in [0.717, 1.165) is 12.1 Å². The van der Waals surface area contributed by atoms with Crippen LogP contribution in [0.15, 0.2) is 24.3 Å². The van der Waals surface area contributed by atoms with Gasteiger partial charge in [0.15, 0.2) is 0 Å². The van der Waals surface area contributed by atoms with Crippen LogP contribution in [-0.4, -0.2) is 22.2 Å². The van der Waals surface area contributed by atoms with Crippen LogP contribution in [0.5, 0.6) is 0 Å². The van der Waals surface area contributed by atoms with Gasteiger partial charge >= 0.3 is 0 Å². The third kappa shape index (κ3) is 1.60. The first kappa shape index (κ1) is 10.8. The van der Waals surface area contributed by atoms with Gasteiger partial charge in [-0.2, -0.15) is 0 Å². The summed E-state index contributed by atoms with van der Waals surface area (Å²) in [5.41, 5.74) is 5.83. The second kappa shape index (κ2) is 3.70. The van der Waals surface area contributed by atoms with Crippen LogP contribution in [0.1, 0.15) is 17.2 Å². The Morgan fingerprint density at radius 1 is 1.38 bits per heavy atom. The van der Waals surface area contributed by atoms with Gasteiger partial charge in [0.1, 0.15) is 18.0 Å². The molecular weight excluding hydrogens is 213 g/mol. The molecule has 4 N–H and O–H groups in total. The fourth-order valence-corrected chi connectivity index (χ4v) is 1.85. The highest BCUT2D eigenvalue weighted by Crippen LogP contribution is 2.39. The van der Waals surface area contributed by atoms with Crippen molar-refractivity contribution >= 4 is 11.5 Å². The lowest BCUT2D eigenvalue weighted by Gasteiger charge is -2.08. The molecule has 1 aromatic rings. The largest absolute Gasteiger partial charge is 0.385 e. The third-order valence-corrected chi connectivity index (χ3v) is 2.56. The van der Waals surface area contributed by atoms with Gasteiger partial charge in [-0.1, -0.05) is 6.07 Å². The maximum Gasteiger partial charge on any atom is 0.241 e. The number of rotatable bonds is 1. The number of aliphatic hydroxyl groups excluding tert-OH is 2. The van der Waals surface area contributed by atoms with E-state index in [1.165, 1.54) is 12.1 Å². The van der Waals surface area contributed by atoms with Crippen LogP contribution in [0.25, 0.3) is 5.57 Å². The fourth-order valence-electron chi connectivity index (χ4n) is 1.85. The standard InChI is InChI=1S/C11H10FNO3/c12-5-1-2-6-7(3-5)8(4-9(13)14)11(16)10(6)15/h1-4,10-11,15-16H,(H2,13,14)/b8-4-. The molecule has 1 aliphatic rings. The smallest absolute Gasteiger partial charge is 0.241 e. The second-order valence-electron chi connectivity index (χ2n) is 3.62. The highest BCUT2D eigenvalue weighted by molar-refractivity contribution is 5.96. The molecule has 0 saturated heterocycles. The van der Waals surface area contributed by atoms with Crippen molar-refractivity contribution in [2.24, 2.45) is 5.73 Å². The van der Waals surface area contributed by atoms with E-state index in [9.17, 15) is 19.4 Å². The van der Waals surface area contributed by atoms with Gasteiger partial charge in [0.05, 0.1) is 0 Å². The van der Waals surface area contributed by atoms with Crippen molar-refractivity contribution in [3.63, 3.8) is 0 Å². The average Bonchev–Trinajstić information content (AvgIpc) is 2.43. The molecule has 4 nitrogen and oxygen atoms in total. The summed E-state index contributed by atoms with van der Waals surface area (Å²) in [6, 6.07) is 3.71. The zero-order chi connectivity index (χ0) is 11.9. The topological polar surface area (TPSA) is 83.6 Å². The molecule has 1 amide bonds. The van der Waals surface area contributed by atoms with Crippen LogP contribution in [-0.2, 0) is 4.79 Å². The van der Waals surface area contributed by atoms with Gasteiger partial charge in [-0.15, -0.1) is 0 Å². The lowest BCUT2D eigenvalue weighted by molar-refractivity contribution is -0.113. The van der Waals surface area contributed by atoms with Crippen LogP contribution in [0.2, 0.25) is 0 Å². The molecule has 0 fully saturated rings. The summed E-state index contributed by atoms with van der Waals surface area (Å²) in [6.07, 6.45) is -1.40. The highest BCUT2D eigenvalue weighted by Gasteiger charge is 2.34. The summed E-state index contributed by atoms with van der Waals surface area (Å²) in [7, 11) is 0. The number of aliphatic hydroxyl groups is 2. The quantitative estimate of drug-likeness (QED) is 0.590. The third-order valence-electron chi connectivity index (χ3n) is 2.56. The van der Waals surface area contributed by atoms with E-state index in [0.29, 0.717) is 11.1 Å². The Labute approximate surface area is 90.8 Å². The summed E-state index contributed by atoms with van der Waals surface area (Å²) in [5, 5.41) is 19.3. The van der Waals surface area contributed by atoms with Gasteiger partial charge in [0, 0.05) is 6.08 Å². The number of carbonyl (C=O) groups excluding carboxylic acids is 1. The predicted molar refractivity (Wildman–Crippen MR) is 54.5 cm³/mol. The number of halogens is 1. The minimum absolute atomic E-state index is 0.148. The Balaban J connectivity index is 2.60. The van der Waals surface area contributed by atoms with Crippen molar-refractivity contribution in [2.45, 2.75) is 12.2 Å². The number of carbonyl (C=O) groups is 1. The molecule has 0 spiro atoms. The van der Waals surface area contributed by atoms with Crippen LogP contribution >= 0.6 is 0 Å². The van der Waals surface area contributed by atoms with E-state index in [1.807, 2.05) is 0 Å². The maximum absolute atomic E-state index is 13.0.